The van der Waals surface area contributed by atoms with Crippen LogP contribution in [0.2, 0.25) is 0 Å². The summed E-state index contributed by atoms with van der Waals surface area (Å²) in [4.78, 5) is 22.4. The number of aromatic nitrogens is 1. The highest BCUT2D eigenvalue weighted by Gasteiger charge is 2.42. The lowest BCUT2D eigenvalue weighted by molar-refractivity contribution is -0.127. The third-order valence-electron chi connectivity index (χ3n) is 5.49. The van der Waals surface area contributed by atoms with E-state index in [1.807, 2.05) is 49.4 Å². The molecule has 1 aromatic carbocycles. The van der Waals surface area contributed by atoms with E-state index in [4.69, 9.17) is 0 Å². The molecule has 1 unspecified atom stereocenters. The number of aryl methyl sites for hydroxylation is 1. The summed E-state index contributed by atoms with van der Waals surface area (Å²) in [5.41, 5.74) is 3.51. The second kappa shape index (κ2) is 8.31. The molecular weight excluding hydrogens is 366 g/mol. The molecule has 0 bridgehead atoms. The average Bonchev–Trinajstić information content (AvgIpc) is 2.73. The van der Waals surface area contributed by atoms with Gasteiger partial charge in [0.25, 0.3) is 11.7 Å². The van der Waals surface area contributed by atoms with Crippen LogP contribution in [-0.4, -0.2) is 40.1 Å². The lowest BCUT2D eigenvalue weighted by Gasteiger charge is -2.39. The molecule has 2 aliphatic rings. The molecule has 1 fully saturated rings. The van der Waals surface area contributed by atoms with Gasteiger partial charge in [0.15, 0.2) is 0 Å². The van der Waals surface area contributed by atoms with E-state index in [-0.39, 0.29) is 18.1 Å². The first kappa shape index (κ1) is 19.5. The molecule has 0 spiro atoms. The van der Waals surface area contributed by atoms with Crippen molar-refractivity contribution in [3.63, 3.8) is 0 Å². The molecule has 0 radical (unpaired) electrons. The number of hydrogen-bond acceptors (Lipinski definition) is 6. The smallest absolute Gasteiger partial charge is 0.285 e. The van der Waals surface area contributed by atoms with Crippen LogP contribution < -0.4 is 16.0 Å². The number of carbonyl (C=O) groups excluding carboxylic acids is 1. The van der Waals surface area contributed by atoms with E-state index in [0.29, 0.717) is 6.54 Å². The van der Waals surface area contributed by atoms with Crippen LogP contribution in [0.3, 0.4) is 0 Å². The van der Waals surface area contributed by atoms with Crippen molar-refractivity contribution < 1.29 is 9.90 Å². The number of nitrogens with one attached hydrogen (secondary N) is 3. The van der Waals surface area contributed by atoms with Crippen molar-refractivity contribution in [3.8, 4) is 0 Å². The van der Waals surface area contributed by atoms with Crippen molar-refractivity contribution in [3.05, 3.63) is 59.4 Å². The van der Waals surface area contributed by atoms with Crippen LogP contribution in [0.4, 0.5) is 5.69 Å². The van der Waals surface area contributed by atoms with Crippen molar-refractivity contribution in [2.45, 2.75) is 57.1 Å². The Morgan fingerprint density at radius 2 is 1.97 bits per heavy atom. The molecule has 7 nitrogen and oxygen atoms in total. The molecule has 1 atom stereocenters. The van der Waals surface area contributed by atoms with E-state index in [0.717, 1.165) is 48.3 Å². The van der Waals surface area contributed by atoms with Crippen LogP contribution in [0.1, 0.15) is 42.6 Å². The molecule has 1 aliphatic heterocycles. The monoisotopic (exact) mass is 393 g/mol. The lowest BCUT2D eigenvalue weighted by Crippen LogP contribution is -2.64. The number of para-hydroxylation sites is 1. The zero-order chi connectivity index (χ0) is 20.3. The fraction of sp³-hybridized carbons (Fsp3) is 0.409. The maximum absolute atomic E-state index is 13.3. The number of anilines is 1. The van der Waals surface area contributed by atoms with E-state index >= 15 is 0 Å². The van der Waals surface area contributed by atoms with Gasteiger partial charge < -0.3 is 15.7 Å². The largest absolute Gasteiger partial charge is 0.393 e. The number of benzene rings is 1. The van der Waals surface area contributed by atoms with Gasteiger partial charge in [-0.25, -0.2) is 4.99 Å². The second-order valence-corrected chi connectivity index (χ2v) is 7.78. The molecule has 4 rings (SSSR count). The van der Waals surface area contributed by atoms with Crippen LogP contribution in [0.15, 0.2) is 47.5 Å². The zero-order valence-corrected chi connectivity index (χ0v) is 16.6. The van der Waals surface area contributed by atoms with Gasteiger partial charge in [0.2, 0.25) is 0 Å². The summed E-state index contributed by atoms with van der Waals surface area (Å²) in [6, 6.07) is 13.6. The SMILES string of the molecule is Cc1cccc(CNC(=O)C2(NC3CCC(O)CC3)N=Cc3ccccc3N2)n1. The third kappa shape index (κ3) is 4.46. The van der Waals surface area contributed by atoms with E-state index < -0.39 is 5.79 Å². The highest BCUT2D eigenvalue weighted by molar-refractivity contribution is 5.98. The van der Waals surface area contributed by atoms with E-state index in [1.165, 1.54) is 0 Å². The first-order valence-electron chi connectivity index (χ1n) is 10.1. The van der Waals surface area contributed by atoms with Gasteiger partial charge >= 0.3 is 0 Å². The number of pyridine rings is 1. The van der Waals surface area contributed by atoms with Crippen LogP contribution >= 0.6 is 0 Å². The average molecular weight is 393 g/mol. The number of aliphatic imine (C=N–C) groups is 1. The Morgan fingerprint density at radius 1 is 1.17 bits per heavy atom. The minimum atomic E-state index is -1.29. The molecule has 29 heavy (non-hydrogen) atoms. The molecule has 152 valence electrons. The van der Waals surface area contributed by atoms with Crippen molar-refractivity contribution in [1.82, 2.24) is 15.6 Å². The second-order valence-electron chi connectivity index (χ2n) is 7.78. The van der Waals surface area contributed by atoms with E-state index in [9.17, 15) is 9.90 Å². The first-order valence-corrected chi connectivity index (χ1v) is 10.1. The van der Waals surface area contributed by atoms with Crippen molar-refractivity contribution in [2.75, 3.05) is 5.32 Å². The lowest BCUT2D eigenvalue weighted by atomic mass is 9.92. The van der Waals surface area contributed by atoms with Gasteiger partial charge in [-0.2, -0.15) is 0 Å². The predicted molar refractivity (Wildman–Crippen MR) is 113 cm³/mol. The molecule has 0 saturated heterocycles. The van der Waals surface area contributed by atoms with Gasteiger partial charge in [0.1, 0.15) is 0 Å². The molecule has 1 saturated carbocycles. The highest BCUT2D eigenvalue weighted by Crippen LogP contribution is 2.27. The number of hydrogen-bond donors (Lipinski definition) is 4. The maximum Gasteiger partial charge on any atom is 0.285 e. The van der Waals surface area contributed by atoms with Gasteiger partial charge in [-0.1, -0.05) is 24.3 Å². The Labute approximate surface area is 170 Å². The number of carbonyl (C=O) groups is 1. The normalized spacial score (nSPS) is 25.7. The minimum absolute atomic E-state index is 0.0937. The molecule has 1 aromatic heterocycles. The maximum atomic E-state index is 13.3. The summed E-state index contributed by atoms with van der Waals surface area (Å²) in [5, 5.41) is 19.5. The minimum Gasteiger partial charge on any atom is -0.393 e. The molecule has 2 aromatic rings. The summed E-state index contributed by atoms with van der Waals surface area (Å²) < 4.78 is 0. The van der Waals surface area contributed by atoms with Gasteiger partial charge in [0.05, 0.1) is 18.3 Å². The Balaban J connectivity index is 1.54. The summed E-state index contributed by atoms with van der Waals surface area (Å²) in [6.07, 6.45) is 4.53. The topological polar surface area (TPSA) is 98.6 Å². The quantitative estimate of drug-likeness (QED) is 0.624. The summed E-state index contributed by atoms with van der Waals surface area (Å²) in [6.45, 7) is 2.25. The van der Waals surface area contributed by atoms with Crippen LogP contribution in [0.25, 0.3) is 0 Å². The van der Waals surface area contributed by atoms with Gasteiger partial charge in [-0.05, 0) is 50.8 Å². The Kier molecular flexibility index (Phi) is 5.60. The van der Waals surface area contributed by atoms with Crippen molar-refractivity contribution >= 4 is 17.8 Å². The van der Waals surface area contributed by atoms with Gasteiger partial charge in [-0.15, -0.1) is 0 Å². The van der Waals surface area contributed by atoms with Crippen LogP contribution in [0.5, 0.6) is 0 Å². The van der Waals surface area contributed by atoms with Gasteiger partial charge in [-0.3, -0.25) is 15.1 Å². The number of aliphatic hydroxyl groups is 1. The number of aliphatic hydroxyl groups excluding tert-OH is 1. The molecule has 2 heterocycles. The number of rotatable bonds is 5. The molecule has 1 aliphatic carbocycles. The fourth-order valence-electron chi connectivity index (χ4n) is 3.88. The molecule has 4 N–H and O–H groups in total. The van der Waals surface area contributed by atoms with Crippen molar-refractivity contribution in [2.24, 2.45) is 4.99 Å². The van der Waals surface area contributed by atoms with E-state index in [1.54, 1.807) is 6.21 Å². The zero-order valence-electron chi connectivity index (χ0n) is 16.6. The highest BCUT2D eigenvalue weighted by atomic mass is 16.3. The van der Waals surface area contributed by atoms with Gasteiger partial charge in [0, 0.05) is 29.2 Å². The van der Waals surface area contributed by atoms with Crippen molar-refractivity contribution in [1.29, 1.82) is 0 Å². The van der Waals surface area contributed by atoms with Crippen LogP contribution in [-0.2, 0) is 11.3 Å². The molecular formula is C22H27N5O2. The Morgan fingerprint density at radius 3 is 2.76 bits per heavy atom. The number of amides is 1. The summed E-state index contributed by atoms with van der Waals surface area (Å²) in [7, 11) is 0. The molecule has 1 amide bonds. The van der Waals surface area contributed by atoms with E-state index in [2.05, 4.69) is 25.9 Å². The summed E-state index contributed by atoms with van der Waals surface area (Å²) >= 11 is 0. The predicted octanol–water partition coefficient (Wildman–Crippen LogP) is 2.10. The first-order chi connectivity index (χ1) is 14.0. The number of nitrogens with zero attached hydrogens (tertiary/aromatic N) is 2. The standard InChI is InChI=1S/C22H27N5O2/c1-15-5-4-7-18(25-15)14-23-21(29)22(26-17-9-11-19(28)12-10-17)24-13-16-6-2-3-8-20(16)27-22/h2-8,13,17,19,26-28H,9-12,14H2,1H3,(H,23,29). The van der Waals surface area contributed by atoms with Crippen LogP contribution in [0, 0.1) is 6.92 Å². The Hall–Kier alpha value is -2.77. The fourth-order valence-corrected chi connectivity index (χ4v) is 3.88. The number of fused-ring (bicyclic) bond motifs is 1. The Bertz CT molecular complexity index is 908. The molecule has 7 heteroatoms. The summed E-state index contributed by atoms with van der Waals surface area (Å²) in [5.74, 6) is -1.54. The third-order valence-corrected chi connectivity index (χ3v) is 5.49.